The van der Waals surface area contributed by atoms with Gasteiger partial charge in [-0.25, -0.2) is 0 Å². The van der Waals surface area contributed by atoms with E-state index < -0.39 is 11.5 Å². The van der Waals surface area contributed by atoms with Crippen LogP contribution in [0.3, 0.4) is 0 Å². The third-order valence-corrected chi connectivity index (χ3v) is 2.61. The number of nitrogen functional groups attached to an aromatic ring is 1. The first-order valence-corrected chi connectivity index (χ1v) is 5.99. The Morgan fingerprint density at radius 2 is 2.10 bits per heavy atom. The number of aliphatic imine (C=N–C) groups is 1. The Hall–Kier alpha value is -3.20. The second kappa shape index (κ2) is 6.82. The Morgan fingerprint density at radius 3 is 2.57 bits per heavy atom. The third kappa shape index (κ3) is 3.42. The standard InChI is InChI=1S/C15H16N4O2/c1-3-5-12(19-4-2)10(8-16)14(18)9-6-11(17)15(21)13(20)7-9/h3-7,20-21H,1,17-18H2,2H3/b12-5-,14-10-,19-4?. The summed E-state index contributed by atoms with van der Waals surface area (Å²) in [5.74, 6) is -0.850. The number of benzene rings is 1. The summed E-state index contributed by atoms with van der Waals surface area (Å²) in [4.78, 5) is 4.06. The molecule has 1 rings (SSSR count). The van der Waals surface area contributed by atoms with E-state index in [1.165, 1.54) is 30.5 Å². The summed E-state index contributed by atoms with van der Waals surface area (Å²) in [5, 5.41) is 28.3. The van der Waals surface area contributed by atoms with Gasteiger partial charge in [0.15, 0.2) is 11.5 Å². The number of hydrogen-bond donors (Lipinski definition) is 4. The number of nitriles is 1. The maximum absolute atomic E-state index is 9.58. The summed E-state index contributed by atoms with van der Waals surface area (Å²) in [7, 11) is 0. The van der Waals surface area contributed by atoms with E-state index >= 15 is 0 Å². The van der Waals surface area contributed by atoms with Crippen molar-refractivity contribution < 1.29 is 10.2 Å². The van der Waals surface area contributed by atoms with Crippen molar-refractivity contribution >= 4 is 17.6 Å². The summed E-state index contributed by atoms with van der Waals surface area (Å²) in [6, 6.07) is 4.55. The zero-order valence-electron chi connectivity index (χ0n) is 11.5. The summed E-state index contributed by atoms with van der Waals surface area (Å²) in [5.41, 5.74) is 12.3. The van der Waals surface area contributed by atoms with Crippen LogP contribution in [0.25, 0.3) is 5.70 Å². The highest BCUT2D eigenvalue weighted by molar-refractivity contribution is 5.79. The highest BCUT2D eigenvalue weighted by atomic mass is 16.3. The Bertz CT molecular complexity index is 671. The largest absolute Gasteiger partial charge is 0.504 e. The number of anilines is 1. The minimum absolute atomic E-state index is 0.0431. The number of hydrogen-bond acceptors (Lipinski definition) is 6. The van der Waals surface area contributed by atoms with Crippen LogP contribution in [0.5, 0.6) is 11.5 Å². The second-order valence-corrected chi connectivity index (χ2v) is 4.01. The molecular formula is C15H16N4O2. The third-order valence-electron chi connectivity index (χ3n) is 2.61. The molecule has 0 unspecified atom stereocenters. The topological polar surface area (TPSA) is 129 Å². The molecule has 6 nitrogen and oxygen atoms in total. The van der Waals surface area contributed by atoms with Crippen LogP contribution in [0.2, 0.25) is 0 Å². The van der Waals surface area contributed by atoms with Gasteiger partial charge in [0.05, 0.1) is 17.1 Å². The normalized spacial score (nSPS) is 12.9. The molecule has 6 N–H and O–H groups in total. The smallest absolute Gasteiger partial charge is 0.181 e. The van der Waals surface area contributed by atoms with Crippen LogP contribution in [0.15, 0.2) is 47.1 Å². The van der Waals surface area contributed by atoms with E-state index in [-0.39, 0.29) is 17.0 Å². The van der Waals surface area contributed by atoms with Gasteiger partial charge in [-0.2, -0.15) is 5.26 Å². The summed E-state index contributed by atoms with van der Waals surface area (Å²) >= 11 is 0. The molecule has 0 aromatic heterocycles. The maximum Gasteiger partial charge on any atom is 0.181 e. The minimum Gasteiger partial charge on any atom is -0.504 e. The first-order valence-electron chi connectivity index (χ1n) is 5.99. The zero-order valence-corrected chi connectivity index (χ0v) is 11.5. The Balaban J connectivity index is 3.55. The fraction of sp³-hybridized carbons (Fsp3) is 0.0667. The van der Waals surface area contributed by atoms with Crippen molar-refractivity contribution in [2.75, 3.05) is 5.73 Å². The van der Waals surface area contributed by atoms with Gasteiger partial charge in [-0.1, -0.05) is 12.7 Å². The van der Waals surface area contributed by atoms with Gasteiger partial charge in [0.2, 0.25) is 0 Å². The van der Waals surface area contributed by atoms with Gasteiger partial charge in [-0.3, -0.25) is 4.99 Å². The predicted molar refractivity (Wildman–Crippen MR) is 83.4 cm³/mol. The first-order chi connectivity index (χ1) is 9.96. The van der Waals surface area contributed by atoms with Crippen LogP contribution in [0, 0.1) is 11.3 Å². The number of nitrogens with two attached hydrogens (primary N) is 2. The van der Waals surface area contributed by atoms with E-state index in [0.717, 1.165) is 0 Å². The molecule has 0 aliphatic rings. The van der Waals surface area contributed by atoms with Crippen LogP contribution in [0.1, 0.15) is 12.5 Å². The molecule has 21 heavy (non-hydrogen) atoms. The molecule has 0 aliphatic carbocycles. The molecule has 0 radical (unpaired) electrons. The molecule has 0 atom stereocenters. The van der Waals surface area contributed by atoms with Crippen LogP contribution in [-0.4, -0.2) is 16.4 Å². The number of allylic oxidation sites excluding steroid dienone is 3. The monoisotopic (exact) mass is 284 g/mol. The molecule has 0 saturated heterocycles. The van der Waals surface area contributed by atoms with Gasteiger partial charge in [-0.15, -0.1) is 0 Å². The number of aromatic hydroxyl groups is 2. The molecule has 0 spiro atoms. The number of phenolic OH excluding ortho intramolecular Hbond substituents is 2. The van der Waals surface area contributed by atoms with Gasteiger partial charge in [0.1, 0.15) is 11.6 Å². The van der Waals surface area contributed by atoms with Gasteiger partial charge in [0, 0.05) is 11.8 Å². The lowest BCUT2D eigenvalue weighted by atomic mass is 10.0. The quantitative estimate of drug-likeness (QED) is 0.221. The molecule has 0 heterocycles. The molecule has 0 amide bonds. The SMILES string of the molecule is C=C/C=C(N=CC)/C(C#N)=C(\N)c1cc(N)c(O)c(O)c1. The van der Waals surface area contributed by atoms with Crippen molar-refractivity contribution in [1.29, 1.82) is 5.26 Å². The molecule has 0 fully saturated rings. The number of rotatable bonds is 4. The molecular weight excluding hydrogens is 268 g/mol. The zero-order chi connectivity index (χ0) is 16.0. The highest BCUT2D eigenvalue weighted by Gasteiger charge is 2.13. The predicted octanol–water partition coefficient (Wildman–Crippen LogP) is 2.03. The average Bonchev–Trinajstić information content (AvgIpc) is 2.45. The van der Waals surface area contributed by atoms with Crippen molar-refractivity contribution in [2.45, 2.75) is 6.92 Å². The molecule has 0 aliphatic heterocycles. The molecule has 108 valence electrons. The summed E-state index contributed by atoms with van der Waals surface area (Å²) in [6.07, 6.45) is 4.53. The number of phenols is 2. The second-order valence-electron chi connectivity index (χ2n) is 4.01. The van der Waals surface area contributed by atoms with Gasteiger partial charge >= 0.3 is 0 Å². The van der Waals surface area contributed by atoms with E-state index in [0.29, 0.717) is 11.3 Å². The van der Waals surface area contributed by atoms with Crippen LogP contribution in [0.4, 0.5) is 5.69 Å². The Labute approximate surface area is 122 Å². The Morgan fingerprint density at radius 1 is 1.43 bits per heavy atom. The Kier molecular flexibility index (Phi) is 5.15. The fourth-order valence-corrected chi connectivity index (χ4v) is 1.64. The van der Waals surface area contributed by atoms with Crippen LogP contribution >= 0.6 is 0 Å². The summed E-state index contributed by atoms with van der Waals surface area (Å²) < 4.78 is 0. The summed E-state index contributed by atoms with van der Waals surface area (Å²) in [6.45, 7) is 5.26. The van der Waals surface area contributed by atoms with Crippen molar-refractivity contribution in [1.82, 2.24) is 0 Å². The fourth-order valence-electron chi connectivity index (χ4n) is 1.64. The van der Waals surface area contributed by atoms with Gasteiger partial charge in [-0.05, 0) is 25.1 Å². The van der Waals surface area contributed by atoms with E-state index in [1.54, 1.807) is 6.92 Å². The van der Waals surface area contributed by atoms with E-state index in [4.69, 9.17) is 11.5 Å². The van der Waals surface area contributed by atoms with Crippen molar-refractivity contribution in [3.63, 3.8) is 0 Å². The molecule has 1 aromatic carbocycles. The van der Waals surface area contributed by atoms with Crippen LogP contribution in [-0.2, 0) is 0 Å². The lowest BCUT2D eigenvalue weighted by Gasteiger charge is -2.09. The molecule has 0 bridgehead atoms. The minimum atomic E-state index is -0.432. The lowest BCUT2D eigenvalue weighted by molar-refractivity contribution is 0.405. The van der Waals surface area contributed by atoms with E-state index in [1.807, 2.05) is 6.07 Å². The van der Waals surface area contributed by atoms with Gasteiger partial charge in [0.25, 0.3) is 0 Å². The molecule has 0 saturated carbocycles. The molecule has 1 aromatic rings. The first kappa shape index (κ1) is 15.9. The average molecular weight is 284 g/mol. The number of nitrogens with zero attached hydrogens (tertiary/aromatic N) is 2. The van der Waals surface area contributed by atoms with Crippen LogP contribution < -0.4 is 11.5 Å². The van der Waals surface area contributed by atoms with E-state index in [9.17, 15) is 15.5 Å². The highest BCUT2D eigenvalue weighted by Crippen LogP contribution is 2.34. The van der Waals surface area contributed by atoms with Crippen molar-refractivity contribution in [2.24, 2.45) is 10.7 Å². The van der Waals surface area contributed by atoms with Crippen molar-refractivity contribution in [3.05, 3.63) is 47.7 Å². The van der Waals surface area contributed by atoms with E-state index in [2.05, 4.69) is 11.6 Å². The maximum atomic E-state index is 9.58. The van der Waals surface area contributed by atoms with Crippen molar-refractivity contribution in [3.8, 4) is 17.6 Å². The lowest BCUT2D eigenvalue weighted by Crippen LogP contribution is -2.03. The van der Waals surface area contributed by atoms with Gasteiger partial charge < -0.3 is 21.7 Å². The molecule has 6 heteroatoms.